The number of hydrogen-bond acceptors (Lipinski definition) is 3. The van der Waals surface area contributed by atoms with Gasteiger partial charge in [0.25, 0.3) is 5.01 Å². The van der Waals surface area contributed by atoms with Crippen LogP contribution in [0.5, 0.6) is 0 Å². The summed E-state index contributed by atoms with van der Waals surface area (Å²) in [6, 6.07) is 34.4. The maximum Gasteiger partial charge on any atom is 0.262 e. The molecule has 0 saturated heterocycles. The van der Waals surface area contributed by atoms with Crippen LogP contribution in [0.2, 0.25) is 0 Å². The number of benzene rings is 4. The van der Waals surface area contributed by atoms with Crippen LogP contribution >= 0.6 is 23.1 Å². The van der Waals surface area contributed by atoms with Crippen molar-refractivity contribution in [2.45, 2.75) is 25.3 Å². The standard InChI is InChI=1S/C37H33N2S2/c1-3-38-32-26-30(20-18-28-12-7-5-8-13-28)22-24-34(32)40-36(38)16-11-17-37-39(4-2)33-27-31(23-25-35(33)41-37)21-19-29-14-9-6-10-15-29/h5-27H,3-4H2,1-2H3/q+1. The zero-order valence-corrected chi connectivity index (χ0v) is 25.0. The quantitative estimate of drug-likeness (QED) is 0.136. The fourth-order valence-corrected chi connectivity index (χ4v) is 7.31. The van der Waals surface area contributed by atoms with Crippen LogP contribution in [0, 0.1) is 0 Å². The molecule has 0 radical (unpaired) electrons. The second-order valence-corrected chi connectivity index (χ2v) is 12.0. The number of hydrogen-bond donors (Lipinski definition) is 0. The molecule has 1 aromatic heterocycles. The van der Waals surface area contributed by atoms with Gasteiger partial charge in [0.15, 0.2) is 0 Å². The number of nitrogens with zero attached hydrogens (tertiary/aromatic N) is 2. The number of thiazole rings is 1. The second-order valence-electron chi connectivity index (χ2n) is 9.84. The van der Waals surface area contributed by atoms with Crippen molar-refractivity contribution in [2.75, 3.05) is 11.4 Å². The molecular weight excluding hydrogens is 537 g/mol. The molecule has 1 aliphatic rings. The highest BCUT2D eigenvalue weighted by atomic mass is 32.2. The van der Waals surface area contributed by atoms with Gasteiger partial charge >= 0.3 is 0 Å². The Kier molecular flexibility index (Phi) is 8.31. The van der Waals surface area contributed by atoms with Crippen molar-refractivity contribution in [1.29, 1.82) is 0 Å². The molecule has 0 fully saturated rings. The summed E-state index contributed by atoms with van der Waals surface area (Å²) in [7, 11) is 0. The number of fused-ring (bicyclic) bond motifs is 2. The lowest BCUT2D eigenvalue weighted by Gasteiger charge is -2.18. The van der Waals surface area contributed by atoms with E-state index < -0.39 is 0 Å². The zero-order valence-electron chi connectivity index (χ0n) is 23.4. The van der Waals surface area contributed by atoms with E-state index in [9.17, 15) is 0 Å². The lowest BCUT2D eigenvalue weighted by atomic mass is 10.1. The van der Waals surface area contributed by atoms with Crippen LogP contribution in [-0.2, 0) is 6.54 Å². The van der Waals surface area contributed by atoms with E-state index in [1.807, 2.05) is 23.1 Å². The van der Waals surface area contributed by atoms with Crippen LogP contribution in [0.3, 0.4) is 0 Å². The van der Waals surface area contributed by atoms with Crippen molar-refractivity contribution in [1.82, 2.24) is 0 Å². The maximum absolute atomic E-state index is 2.41. The first-order chi connectivity index (χ1) is 20.2. The Balaban J connectivity index is 1.22. The Morgan fingerprint density at radius 1 is 0.683 bits per heavy atom. The van der Waals surface area contributed by atoms with Crippen LogP contribution in [0.4, 0.5) is 5.69 Å². The first-order valence-corrected chi connectivity index (χ1v) is 15.8. The van der Waals surface area contributed by atoms with Gasteiger partial charge in [0.2, 0.25) is 5.52 Å². The Morgan fingerprint density at radius 2 is 1.32 bits per heavy atom. The molecule has 0 amide bonds. The zero-order chi connectivity index (χ0) is 28.0. The fraction of sp³-hybridized carbons (Fsp3) is 0.108. The SMILES string of the molecule is CCN1C(=CC=Cc2sc3ccc(C=Cc4ccccc4)cc3[n+]2CC)Sc2ccc(C=Cc3ccccc3)cc21. The highest BCUT2D eigenvalue weighted by molar-refractivity contribution is 8.03. The minimum absolute atomic E-state index is 0.933. The van der Waals surface area contributed by atoms with Crippen LogP contribution in [0.25, 0.3) is 40.6 Å². The summed E-state index contributed by atoms with van der Waals surface area (Å²) in [5.74, 6) is 0. The van der Waals surface area contributed by atoms with E-state index in [-0.39, 0.29) is 0 Å². The molecule has 2 heterocycles. The van der Waals surface area contributed by atoms with Crippen LogP contribution < -0.4 is 9.47 Å². The molecule has 0 atom stereocenters. The molecule has 0 unspecified atom stereocenters. The number of aryl methyl sites for hydroxylation is 1. The normalized spacial score (nSPS) is 14.4. The topological polar surface area (TPSA) is 7.12 Å². The van der Waals surface area contributed by atoms with Gasteiger partial charge in [-0.3, -0.25) is 0 Å². The first kappa shape index (κ1) is 27.1. The fourth-order valence-electron chi connectivity index (χ4n) is 5.07. The van der Waals surface area contributed by atoms with Gasteiger partial charge in [-0.05, 0) is 60.4 Å². The average molecular weight is 570 g/mol. The predicted octanol–water partition coefficient (Wildman–Crippen LogP) is 10.0. The van der Waals surface area contributed by atoms with E-state index >= 15 is 0 Å². The van der Waals surface area contributed by atoms with Gasteiger partial charge in [-0.15, -0.1) is 0 Å². The lowest BCUT2D eigenvalue weighted by molar-refractivity contribution is -0.665. The minimum atomic E-state index is 0.933. The Morgan fingerprint density at radius 3 is 1.98 bits per heavy atom. The third-order valence-corrected chi connectivity index (χ3v) is 9.42. The third-order valence-electron chi connectivity index (χ3n) is 7.15. The number of rotatable bonds is 8. The summed E-state index contributed by atoms with van der Waals surface area (Å²) in [5, 5.41) is 2.53. The molecule has 0 aliphatic carbocycles. The monoisotopic (exact) mass is 569 g/mol. The highest BCUT2D eigenvalue weighted by Crippen LogP contribution is 2.46. The Labute approximate surface area is 251 Å². The van der Waals surface area contributed by atoms with Gasteiger partial charge in [0.1, 0.15) is 11.2 Å². The summed E-state index contributed by atoms with van der Waals surface area (Å²) in [6.07, 6.45) is 15.5. The second kappa shape index (κ2) is 12.6. The molecule has 41 heavy (non-hydrogen) atoms. The smallest absolute Gasteiger partial charge is 0.262 e. The summed E-state index contributed by atoms with van der Waals surface area (Å²) >= 11 is 3.70. The summed E-state index contributed by atoms with van der Waals surface area (Å²) in [6.45, 7) is 6.31. The van der Waals surface area contributed by atoms with Gasteiger partial charge in [0, 0.05) is 23.6 Å². The molecule has 0 saturated carbocycles. The molecule has 0 N–H and O–H groups in total. The molecule has 1 aliphatic heterocycles. The lowest BCUT2D eigenvalue weighted by Crippen LogP contribution is -2.33. The average Bonchev–Trinajstić information content (AvgIpc) is 3.56. The summed E-state index contributed by atoms with van der Waals surface area (Å²) in [4.78, 5) is 3.72. The van der Waals surface area contributed by atoms with E-state index in [1.165, 1.54) is 53.1 Å². The number of aromatic nitrogens is 1. The Hall–Kier alpha value is -4.12. The van der Waals surface area contributed by atoms with E-state index in [0.717, 1.165) is 13.1 Å². The third kappa shape index (κ3) is 6.14. The largest absolute Gasteiger partial charge is 0.335 e. The molecule has 0 spiro atoms. The molecule has 6 rings (SSSR count). The summed E-state index contributed by atoms with van der Waals surface area (Å²) in [5.41, 5.74) is 7.44. The van der Waals surface area contributed by atoms with E-state index in [0.29, 0.717) is 0 Å². The molecule has 2 nitrogen and oxygen atoms in total. The Bertz CT molecular complexity index is 1780. The van der Waals surface area contributed by atoms with Crippen molar-refractivity contribution in [2.24, 2.45) is 0 Å². The van der Waals surface area contributed by atoms with E-state index in [1.54, 1.807) is 0 Å². The predicted molar refractivity (Wildman–Crippen MR) is 181 cm³/mol. The number of thioether (sulfide) groups is 1. The van der Waals surface area contributed by atoms with E-state index in [4.69, 9.17) is 0 Å². The molecule has 202 valence electrons. The van der Waals surface area contributed by atoms with Gasteiger partial charge in [-0.1, -0.05) is 126 Å². The number of allylic oxidation sites excluding steroid dienone is 2. The van der Waals surface area contributed by atoms with Gasteiger partial charge < -0.3 is 4.90 Å². The van der Waals surface area contributed by atoms with Gasteiger partial charge in [-0.25, -0.2) is 0 Å². The highest BCUT2D eigenvalue weighted by Gasteiger charge is 2.23. The van der Waals surface area contributed by atoms with Crippen LogP contribution in [-0.4, -0.2) is 6.54 Å². The van der Waals surface area contributed by atoms with Crippen molar-refractivity contribution in [3.63, 3.8) is 0 Å². The van der Waals surface area contributed by atoms with E-state index in [2.05, 4.69) is 163 Å². The minimum Gasteiger partial charge on any atom is -0.335 e. The van der Waals surface area contributed by atoms with Crippen molar-refractivity contribution in [3.8, 4) is 0 Å². The van der Waals surface area contributed by atoms with Gasteiger partial charge in [0.05, 0.1) is 10.7 Å². The first-order valence-electron chi connectivity index (χ1n) is 14.1. The molecule has 4 heteroatoms. The van der Waals surface area contributed by atoms with Crippen molar-refractivity contribution in [3.05, 3.63) is 142 Å². The summed E-state index contributed by atoms with van der Waals surface area (Å²) < 4.78 is 3.72. The molecule has 0 bridgehead atoms. The molecular formula is C37H33N2S2+. The van der Waals surface area contributed by atoms with Crippen molar-refractivity contribution < 1.29 is 4.57 Å². The number of anilines is 1. The van der Waals surface area contributed by atoms with Gasteiger partial charge in [-0.2, -0.15) is 4.57 Å². The molecule has 5 aromatic rings. The molecule has 4 aromatic carbocycles. The van der Waals surface area contributed by atoms with Crippen LogP contribution in [0.1, 0.15) is 41.1 Å². The maximum atomic E-state index is 2.41. The van der Waals surface area contributed by atoms with Crippen LogP contribution in [0.15, 0.2) is 119 Å². The van der Waals surface area contributed by atoms with Crippen molar-refractivity contribution >= 4 is 69.4 Å².